The fourth-order valence-electron chi connectivity index (χ4n) is 2.61. The molecule has 3 heteroatoms. The average Bonchev–Trinajstić information content (AvgIpc) is 2.40. The van der Waals surface area contributed by atoms with E-state index in [0.29, 0.717) is 12.6 Å². The minimum absolute atomic E-state index is 0.671. The van der Waals surface area contributed by atoms with Gasteiger partial charge in [-0.15, -0.1) is 0 Å². The first-order valence-electron chi connectivity index (χ1n) is 6.77. The van der Waals surface area contributed by atoms with E-state index in [9.17, 15) is 0 Å². The summed E-state index contributed by atoms with van der Waals surface area (Å²) in [5.74, 6) is 0. The largest absolute Gasteiger partial charge is 0.380 e. The average molecular weight is 248 g/mol. The molecule has 18 heavy (non-hydrogen) atoms. The number of nitrogens with one attached hydrogen (secondary N) is 1. The Morgan fingerprint density at radius 2 is 2.22 bits per heavy atom. The number of piperidine rings is 1. The van der Waals surface area contributed by atoms with Crippen molar-refractivity contribution in [1.29, 1.82) is 0 Å². The lowest BCUT2D eigenvalue weighted by molar-refractivity contribution is 0.184. The summed E-state index contributed by atoms with van der Waals surface area (Å²) in [7, 11) is 3.97. The summed E-state index contributed by atoms with van der Waals surface area (Å²) in [6.07, 6.45) is 2.60. The van der Waals surface area contributed by atoms with Gasteiger partial charge in [0.2, 0.25) is 0 Å². The van der Waals surface area contributed by atoms with Gasteiger partial charge < -0.3 is 10.1 Å². The highest BCUT2D eigenvalue weighted by atomic mass is 16.5. The Hall–Kier alpha value is -0.900. The highest BCUT2D eigenvalue weighted by Crippen LogP contribution is 2.14. The number of methoxy groups -OCH3 is 1. The third-order valence-corrected chi connectivity index (χ3v) is 3.63. The molecule has 1 aliphatic rings. The summed E-state index contributed by atoms with van der Waals surface area (Å²) in [5.41, 5.74) is 2.63. The van der Waals surface area contributed by atoms with Crippen molar-refractivity contribution in [2.75, 3.05) is 27.2 Å². The summed E-state index contributed by atoms with van der Waals surface area (Å²) in [4.78, 5) is 2.46. The first-order chi connectivity index (χ1) is 8.79. The van der Waals surface area contributed by atoms with Crippen molar-refractivity contribution >= 4 is 0 Å². The van der Waals surface area contributed by atoms with Crippen molar-refractivity contribution in [2.45, 2.75) is 32.0 Å². The van der Waals surface area contributed by atoms with Crippen molar-refractivity contribution in [3.05, 3.63) is 35.4 Å². The van der Waals surface area contributed by atoms with E-state index in [2.05, 4.69) is 41.5 Å². The van der Waals surface area contributed by atoms with Gasteiger partial charge >= 0.3 is 0 Å². The van der Waals surface area contributed by atoms with E-state index in [1.54, 1.807) is 7.11 Å². The SMILES string of the molecule is COCc1cccc(CN(C)C2CCCNC2)c1. The van der Waals surface area contributed by atoms with Gasteiger partial charge in [0.05, 0.1) is 6.61 Å². The van der Waals surface area contributed by atoms with Crippen LogP contribution >= 0.6 is 0 Å². The van der Waals surface area contributed by atoms with Crippen LogP contribution in [0.5, 0.6) is 0 Å². The van der Waals surface area contributed by atoms with Crippen molar-refractivity contribution in [3.63, 3.8) is 0 Å². The lowest BCUT2D eigenvalue weighted by Crippen LogP contribution is -2.43. The molecule has 2 rings (SSSR count). The Balaban J connectivity index is 1.93. The fourth-order valence-corrected chi connectivity index (χ4v) is 2.61. The zero-order valence-electron chi connectivity index (χ0n) is 11.5. The topological polar surface area (TPSA) is 24.5 Å². The van der Waals surface area contributed by atoms with Crippen molar-refractivity contribution in [1.82, 2.24) is 10.2 Å². The molecule has 1 aliphatic heterocycles. The quantitative estimate of drug-likeness (QED) is 0.863. The number of likely N-dealkylation sites (N-methyl/N-ethyl adjacent to an activating group) is 1. The van der Waals surface area contributed by atoms with Crippen LogP contribution in [0.4, 0.5) is 0 Å². The van der Waals surface area contributed by atoms with E-state index in [4.69, 9.17) is 4.74 Å². The van der Waals surface area contributed by atoms with E-state index in [-0.39, 0.29) is 0 Å². The second kappa shape index (κ2) is 6.88. The third-order valence-electron chi connectivity index (χ3n) is 3.63. The van der Waals surface area contributed by atoms with Gasteiger partial charge in [-0.05, 0) is 37.6 Å². The van der Waals surface area contributed by atoms with E-state index >= 15 is 0 Å². The van der Waals surface area contributed by atoms with Crippen molar-refractivity contribution in [2.24, 2.45) is 0 Å². The molecule has 0 aromatic heterocycles. The smallest absolute Gasteiger partial charge is 0.0713 e. The van der Waals surface area contributed by atoms with Crippen LogP contribution < -0.4 is 5.32 Å². The van der Waals surface area contributed by atoms with Gasteiger partial charge in [0.1, 0.15) is 0 Å². The first kappa shape index (κ1) is 13.5. The molecular formula is C15H24N2O. The van der Waals surface area contributed by atoms with Gasteiger partial charge in [-0.3, -0.25) is 4.90 Å². The predicted molar refractivity (Wildman–Crippen MR) is 74.5 cm³/mol. The second-order valence-corrected chi connectivity index (χ2v) is 5.17. The highest BCUT2D eigenvalue weighted by Gasteiger charge is 2.17. The third kappa shape index (κ3) is 3.80. The summed E-state index contributed by atoms with van der Waals surface area (Å²) < 4.78 is 5.18. The number of nitrogens with zero attached hydrogens (tertiary/aromatic N) is 1. The summed E-state index contributed by atoms with van der Waals surface area (Å²) in [6.45, 7) is 4.01. The standard InChI is InChI=1S/C15H24N2O/c1-17(15-7-4-8-16-10-15)11-13-5-3-6-14(9-13)12-18-2/h3,5-6,9,15-16H,4,7-8,10-12H2,1-2H3. The summed E-state index contributed by atoms with van der Waals surface area (Å²) in [6, 6.07) is 9.36. The van der Waals surface area contributed by atoms with Crippen molar-refractivity contribution < 1.29 is 4.74 Å². The normalized spacial score (nSPS) is 20.3. The molecule has 0 aliphatic carbocycles. The zero-order valence-corrected chi connectivity index (χ0v) is 11.5. The molecule has 1 aromatic carbocycles. The van der Waals surface area contributed by atoms with Crippen LogP contribution in [0.1, 0.15) is 24.0 Å². The van der Waals surface area contributed by atoms with E-state index in [1.165, 1.54) is 30.5 Å². The Morgan fingerprint density at radius 1 is 1.39 bits per heavy atom. The highest BCUT2D eigenvalue weighted by molar-refractivity contribution is 5.23. The molecular weight excluding hydrogens is 224 g/mol. The molecule has 0 radical (unpaired) electrons. The van der Waals surface area contributed by atoms with E-state index in [1.807, 2.05) is 0 Å². The number of benzene rings is 1. The molecule has 0 spiro atoms. The maximum absolute atomic E-state index is 5.18. The lowest BCUT2D eigenvalue weighted by Gasteiger charge is -2.31. The maximum Gasteiger partial charge on any atom is 0.0713 e. The molecule has 100 valence electrons. The van der Waals surface area contributed by atoms with Crippen LogP contribution in [0.3, 0.4) is 0 Å². The number of ether oxygens (including phenoxy) is 1. The van der Waals surface area contributed by atoms with Crippen LogP contribution in [-0.2, 0) is 17.9 Å². The molecule has 3 nitrogen and oxygen atoms in total. The summed E-state index contributed by atoms with van der Waals surface area (Å²) in [5, 5.41) is 3.47. The molecule has 1 atom stereocenters. The first-order valence-corrected chi connectivity index (χ1v) is 6.77. The molecule has 0 bridgehead atoms. The number of hydrogen-bond acceptors (Lipinski definition) is 3. The molecule has 1 heterocycles. The monoisotopic (exact) mass is 248 g/mol. The molecule has 1 aromatic rings. The molecule has 0 amide bonds. The van der Waals surface area contributed by atoms with Crippen LogP contribution in [0.25, 0.3) is 0 Å². The van der Waals surface area contributed by atoms with Gasteiger partial charge in [-0.1, -0.05) is 24.3 Å². The van der Waals surface area contributed by atoms with Gasteiger partial charge in [0.15, 0.2) is 0 Å². The maximum atomic E-state index is 5.18. The number of hydrogen-bond donors (Lipinski definition) is 1. The minimum Gasteiger partial charge on any atom is -0.380 e. The number of rotatable bonds is 5. The van der Waals surface area contributed by atoms with Crippen LogP contribution in [0, 0.1) is 0 Å². The fraction of sp³-hybridized carbons (Fsp3) is 0.600. The van der Waals surface area contributed by atoms with Crippen LogP contribution in [0.15, 0.2) is 24.3 Å². The molecule has 1 unspecified atom stereocenters. The molecule has 0 saturated carbocycles. The van der Waals surface area contributed by atoms with Gasteiger partial charge in [-0.25, -0.2) is 0 Å². The van der Waals surface area contributed by atoms with Crippen LogP contribution in [-0.4, -0.2) is 38.2 Å². The molecule has 1 fully saturated rings. The Morgan fingerprint density at radius 3 is 2.94 bits per heavy atom. The molecule has 1 saturated heterocycles. The Kier molecular flexibility index (Phi) is 5.17. The Labute approximate surface area is 110 Å². The molecule has 1 N–H and O–H groups in total. The predicted octanol–water partition coefficient (Wildman–Crippen LogP) is 2.02. The van der Waals surface area contributed by atoms with Gasteiger partial charge in [0, 0.05) is 26.2 Å². The van der Waals surface area contributed by atoms with E-state index < -0.39 is 0 Å². The van der Waals surface area contributed by atoms with Crippen molar-refractivity contribution in [3.8, 4) is 0 Å². The zero-order chi connectivity index (χ0) is 12.8. The van der Waals surface area contributed by atoms with Gasteiger partial charge in [0.25, 0.3) is 0 Å². The van der Waals surface area contributed by atoms with Gasteiger partial charge in [-0.2, -0.15) is 0 Å². The Bertz CT molecular complexity index is 361. The van der Waals surface area contributed by atoms with E-state index in [0.717, 1.165) is 13.1 Å². The second-order valence-electron chi connectivity index (χ2n) is 5.17. The lowest BCUT2D eigenvalue weighted by atomic mass is 10.0. The van der Waals surface area contributed by atoms with Crippen LogP contribution in [0.2, 0.25) is 0 Å². The summed E-state index contributed by atoms with van der Waals surface area (Å²) >= 11 is 0. The minimum atomic E-state index is 0.671.